The van der Waals surface area contributed by atoms with Crippen LogP contribution >= 0.6 is 11.6 Å². The highest BCUT2D eigenvalue weighted by molar-refractivity contribution is 6.17. The van der Waals surface area contributed by atoms with Crippen LogP contribution in [0.2, 0.25) is 0 Å². The number of benzene rings is 1. The lowest BCUT2D eigenvalue weighted by atomic mass is 9.99. The molecule has 0 saturated carbocycles. The van der Waals surface area contributed by atoms with E-state index in [1.807, 2.05) is 0 Å². The molecule has 1 aliphatic heterocycles. The third kappa shape index (κ3) is 3.50. The van der Waals surface area contributed by atoms with Gasteiger partial charge in [0, 0.05) is 23.4 Å². The van der Waals surface area contributed by atoms with Crippen molar-refractivity contribution in [3.05, 3.63) is 40.2 Å². The predicted molar refractivity (Wildman–Crippen MR) is 86.4 cm³/mol. The van der Waals surface area contributed by atoms with Gasteiger partial charge in [0.15, 0.2) is 0 Å². The van der Waals surface area contributed by atoms with Crippen LogP contribution in [0.4, 0.5) is 0 Å². The number of ether oxygens (including phenoxy) is 2. The zero-order valence-corrected chi connectivity index (χ0v) is 13.7. The summed E-state index contributed by atoms with van der Waals surface area (Å²) in [6.45, 7) is -0.559. The third-order valence-corrected chi connectivity index (χ3v) is 4.33. The maximum Gasteiger partial charge on any atom is 0.336 e. The average Bonchev–Trinajstić information content (AvgIpc) is 2.61. The summed E-state index contributed by atoms with van der Waals surface area (Å²) in [7, 11) is 0. The lowest BCUT2D eigenvalue weighted by Gasteiger charge is -2.39. The second kappa shape index (κ2) is 7.28. The molecule has 2 aromatic rings. The second-order valence-electron chi connectivity index (χ2n) is 5.70. The van der Waals surface area contributed by atoms with Gasteiger partial charge in [-0.3, -0.25) is 0 Å². The van der Waals surface area contributed by atoms with Gasteiger partial charge in [-0.2, -0.15) is 0 Å². The monoisotopic (exact) mass is 372 g/mol. The quantitative estimate of drug-likeness (QED) is 0.425. The van der Waals surface area contributed by atoms with Crippen molar-refractivity contribution < 1.29 is 34.3 Å². The zero-order valence-electron chi connectivity index (χ0n) is 12.9. The molecule has 1 saturated heterocycles. The first-order valence-electron chi connectivity index (χ1n) is 7.54. The number of hydrogen-bond acceptors (Lipinski definition) is 8. The Hall–Kier alpha value is -1.68. The van der Waals surface area contributed by atoms with Crippen LogP contribution in [0.3, 0.4) is 0 Å². The van der Waals surface area contributed by atoms with Crippen LogP contribution in [0, 0.1) is 0 Å². The summed E-state index contributed by atoms with van der Waals surface area (Å²) in [5, 5.41) is 39.3. The van der Waals surface area contributed by atoms with E-state index in [1.165, 1.54) is 12.1 Å². The van der Waals surface area contributed by atoms with Crippen molar-refractivity contribution in [3.63, 3.8) is 0 Å². The molecule has 0 amide bonds. The third-order valence-electron chi connectivity index (χ3n) is 4.05. The smallest absolute Gasteiger partial charge is 0.336 e. The molecule has 1 aliphatic rings. The Kier molecular flexibility index (Phi) is 5.28. The summed E-state index contributed by atoms with van der Waals surface area (Å²) in [6.07, 6.45) is -6.95. The largest absolute Gasteiger partial charge is 0.462 e. The van der Waals surface area contributed by atoms with E-state index in [9.17, 15) is 25.2 Å². The van der Waals surface area contributed by atoms with Gasteiger partial charge >= 0.3 is 5.63 Å². The van der Waals surface area contributed by atoms with Crippen LogP contribution in [0.15, 0.2) is 33.5 Å². The minimum absolute atomic E-state index is 0.134. The molecule has 1 aromatic carbocycles. The van der Waals surface area contributed by atoms with Crippen molar-refractivity contribution >= 4 is 22.6 Å². The molecule has 1 fully saturated rings. The Balaban J connectivity index is 1.88. The molecule has 9 heteroatoms. The second-order valence-corrected chi connectivity index (χ2v) is 5.96. The van der Waals surface area contributed by atoms with Crippen molar-refractivity contribution in [1.29, 1.82) is 0 Å². The molecule has 136 valence electrons. The van der Waals surface area contributed by atoms with Crippen molar-refractivity contribution in [2.75, 3.05) is 6.61 Å². The Morgan fingerprint density at radius 2 is 1.88 bits per heavy atom. The van der Waals surface area contributed by atoms with E-state index in [0.717, 1.165) is 0 Å². The van der Waals surface area contributed by atoms with Crippen molar-refractivity contribution in [1.82, 2.24) is 0 Å². The zero-order chi connectivity index (χ0) is 18.1. The van der Waals surface area contributed by atoms with Gasteiger partial charge in [0.2, 0.25) is 6.29 Å². The molecular formula is C16H17ClO8. The van der Waals surface area contributed by atoms with E-state index in [4.69, 9.17) is 25.5 Å². The van der Waals surface area contributed by atoms with Crippen molar-refractivity contribution in [2.24, 2.45) is 0 Å². The minimum atomic E-state index is -1.54. The summed E-state index contributed by atoms with van der Waals surface area (Å²) in [5.41, 5.74) is 0.283. The average molecular weight is 373 g/mol. The van der Waals surface area contributed by atoms with Crippen molar-refractivity contribution in [3.8, 4) is 5.75 Å². The SMILES string of the molecule is O=c1cc(CCl)c2ccc(OC3OC(CO)C(O)C(O)C3O)cc2o1. The summed E-state index contributed by atoms with van der Waals surface area (Å²) in [6, 6.07) is 5.91. The van der Waals surface area contributed by atoms with Crippen LogP contribution in [0.1, 0.15) is 5.56 Å². The summed E-state index contributed by atoms with van der Waals surface area (Å²) in [4.78, 5) is 11.6. The molecular weight excluding hydrogens is 356 g/mol. The maximum absolute atomic E-state index is 11.6. The van der Waals surface area contributed by atoms with E-state index in [1.54, 1.807) is 12.1 Å². The van der Waals surface area contributed by atoms with E-state index < -0.39 is 42.9 Å². The highest BCUT2D eigenvalue weighted by atomic mass is 35.5. The molecule has 4 N–H and O–H groups in total. The molecule has 8 nitrogen and oxygen atoms in total. The number of alkyl halides is 1. The molecule has 0 spiro atoms. The number of fused-ring (bicyclic) bond motifs is 1. The van der Waals surface area contributed by atoms with Gasteiger partial charge in [-0.1, -0.05) is 0 Å². The molecule has 0 radical (unpaired) electrons. The minimum Gasteiger partial charge on any atom is -0.462 e. The molecule has 3 rings (SSSR count). The lowest BCUT2D eigenvalue weighted by Crippen LogP contribution is -2.60. The fraction of sp³-hybridized carbons (Fsp3) is 0.438. The van der Waals surface area contributed by atoms with Crippen LogP contribution in [-0.4, -0.2) is 57.7 Å². The Morgan fingerprint density at radius 1 is 1.12 bits per heavy atom. The molecule has 5 atom stereocenters. The highest BCUT2D eigenvalue weighted by Crippen LogP contribution is 2.27. The van der Waals surface area contributed by atoms with Gasteiger partial charge in [-0.15, -0.1) is 11.6 Å². The first-order valence-corrected chi connectivity index (χ1v) is 8.08. The summed E-state index contributed by atoms with van der Waals surface area (Å²) in [5.74, 6) is 0.335. The Morgan fingerprint density at radius 3 is 2.56 bits per heavy atom. The normalized spacial score (nSPS) is 29.7. The van der Waals surface area contributed by atoms with E-state index in [2.05, 4.69) is 0 Å². The molecule has 0 aliphatic carbocycles. The number of aliphatic hydroxyl groups excluding tert-OH is 4. The van der Waals surface area contributed by atoms with Gasteiger partial charge in [0.05, 0.1) is 6.61 Å². The Labute approximate surface area is 146 Å². The van der Waals surface area contributed by atoms with Crippen LogP contribution in [0.25, 0.3) is 11.0 Å². The van der Waals surface area contributed by atoms with Gasteiger partial charge in [-0.25, -0.2) is 4.79 Å². The predicted octanol–water partition coefficient (Wildman–Crippen LogP) is -0.290. The topological polar surface area (TPSA) is 130 Å². The summed E-state index contributed by atoms with van der Waals surface area (Å²) < 4.78 is 15.9. The van der Waals surface area contributed by atoms with Crippen LogP contribution in [0.5, 0.6) is 5.75 Å². The van der Waals surface area contributed by atoms with Crippen LogP contribution < -0.4 is 10.4 Å². The van der Waals surface area contributed by atoms with Gasteiger partial charge in [0.1, 0.15) is 35.7 Å². The number of hydrogen-bond donors (Lipinski definition) is 4. The number of halogens is 1. The first kappa shape index (κ1) is 18.1. The number of aliphatic hydroxyl groups is 4. The molecule has 5 unspecified atom stereocenters. The standard InChI is InChI=1S/C16H17ClO8/c17-5-7-3-12(19)24-10-4-8(1-2-9(7)10)23-16-15(22)14(21)13(20)11(6-18)25-16/h1-4,11,13-16,18,20-22H,5-6H2. The molecule has 1 aromatic heterocycles. The van der Waals surface area contributed by atoms with Gasteiger partial charge in [-0.05, 0) is 17.7 Å². The molecule has 2 heterocycles. The molecule has 25 heavy (non-hydrogen) atoms. The number of rotatable bonds is 4. The van der Waals surface area contributed by atoms with Crippen molar-refractivity contribution in [2.45, 2.75) is 36.6 Å². The van der Waals surface area contributed by atoms with Crippen LogP contribution in [-0.2, 0) is 10.6 Å². The van der Waals surface area contributed by atoms with E-state index in [-0.39, 0.29) is 17.2 Å². The lowest BCUT2D eigenvalue weighted by molar-refractivity contribution is -0.277. The fourth-order valence-electron chi connectivity index (χ4n) is 2.69. The van der Waals surface area contributed by atoms with E-state index >= 15 is 0 Å². The van der Waals surface area contributed by atoms with E-state index in [0.29, 0.717) is 10.9 Å². The van der Waals surface area contributed by atoms with Gasteiger partial charge in [0.25, 0.3) is 0 Å². The molecule has 0 bridgehead atoms. The first-order chi connectivity index (χ1) is 11.9. The van der Waals surface area contributed by atoms with Gasteiger partial charge < -0.3 is 34.3 Å². The summed E-state index contributed by atoms with van der Waals surface area (Å²) >= 11 is 5.81. The Bertz CT molecular complexity index is 804. The fourth-order valence-corrected chi connectivity index (χ4v) is 2.91. The maximum atomic E-state index is 11.6. The highest BCUT2D eigenvalue weighted by Gasteiger charge is 2.44.